The molecule has 0 atom stereocenters. The lowest BCUT2D eigenvalue weighted by Crippen LogP contribution is -2.36. The summed E-state index contributed by atoms with van der Waals surface area (Å²) in [6, 6.07) is 11.7. The molecule has 0 aliphatic carbocycles. The molecule has 0 saturated carbocycles. The van der Waals surface area contributed by atoms with E-state index in [1.54, 1.807) is 12.1 Å². The molecule has 0 radical (unpaired) electrons. The van der Waals surface area contributed by atoms with Gasteiger partial charge in [-0.05, 0) is 101 Å². The second-order valence-corrected chi connectivity index (χ2v) is 10.8. The van der Waals surface area contributed by atoms with Crippen LogP contribution in [0, 0.1) is 24.0 Å². The van der Waals surface area contributed by atoms with Gasteiger partial charge in [-0.3, -0.25) is 29.4 Å². The SMILES string of the molecule is Cc1cc(C)cc(NC(=O)CN2C(=O)S/C(=C/c3ccc(Oc4ccc(C(F)(F)F)cc4[N+](=O)[O-])c(Br)c3)C2=O)c1. The fraction of sp³-hybridized carbons (Fsp3) is 0.148. The molecule has 212 valence electrons. The highest BCUT2D eigenvalue weighted by atomic mass is 79.9. The third-order valence-electron chi connectivity index (χ3n) is 5.64. The fourth-order valence-corrected chi connectivity index (χ4v) is 5.23. The Bertz CT molecular complexity index is 1610. The molecule has 1 N–H and O–H groups in total. The molecule has 3 amide bonds. The molecule has 9 nitrogen and oxygen atoms in total. The molecule has 1 aliphatic rings. The molecular formula is C27H19BrF3N3O6S. The number of alkyl halides is 3. The molecule has 41 heavy (non-hydrogen) atoms. The number of ether oxygens (including phenoxy) is 1. The summed E-state index contributed by atoms with van der Waals surface area (Å²) in [5, 5.41) is 13.4. The van der Waals surface area contributed by atoms with Crippen LogP contribution in [0.3, 0.4) is 0 Å². The lowest BCUT2D eigenvalue weighted by atomic mass is 10.1. The number of aryl methyl sites for hydroxylation is 2. The zero-order chi connectivity index (χ0) is 30.1. The monoisotopic (exact) mass is 649 g/mol. The Hall–Kier alpha value is -4.17. The first-order valence-corrected chi connectivity index (χ1v) is 13.3. The Balaban J connectivity index is 1.48. The zero-order valence-corrected chi connectivity index (χ0v) is 23.6. The number of carbonyl (C=O) groups excluding carboxylic acids is 3. The smallest absolute Gasteiger partial charge is 0.416 e. The number of amides is 3. The number of carbonyl (C=O) groups is 3. The van der Waals surface area contributed by atoms with Gasteiger partial charge in [0.05, 0.1) is 19.9 Å². The molecule has 1 aliphatic heterocycles. The van der Waals surface area contributed by atoms with E-state index in [9.17, 15) is 37.7 Å². The Kier molecular flexibility index (Phi) is 8.54. The Morgan fingerprint density at radius 2 is 1.73 bits per heavy atom. The van der Waals surface area contributed by atoms with Crippen molar-refractivity contribution in [1.82, 2.24) is 4.90 Å². The van der Waals surface area contributed by atoms with Crippen molar-refractivity contribution in [3.05, 3.63) is 96.3 Å². The molecule has 0 bridgehead atoms. The van der Waals surface area contributed by atoms with Crippen LogP contribution < -0.4 is 10.1 Å². The van der Waals surface area contributed by atoms with E-state index in [0.717, 1.165) is 22.1 Å². The second-order valence-electron chi connectivity index (χ2n) is 8.92. The molecule has 14 heteroatoms. The molecular weight excluding hydrogens is 631 g/mol. The van der Waals surface area contributed by atoms with Gasteiger partial charge in [0.1, 0.15) is 12.3 Å². The Morgan fingerprint density at radius 3 is 2.34 bits per heavy atom. The quantitative estimate of drug-likeness (QED) is 0.160. The van der Waals surface area contributed by atoms with E-state index >= 15 is 0 Å². The molecule has 0 spiro atoms. The van der Waals surface area contributed by atoms with Gasteiger partial charge in [-0.25, -0.2) is 0 Å². The van der Waals surface area contributed by atoms with Gasteiger partial charge in [0.2, 0.25) is 11.7 Å². The molecule has 0 aromatic heterocycles. The van der Waals surface area contributed by atoms with Crippen molar-refractivity contribution in [2.75, 3.05) is 11.9 Å². The van der Waals surface area contributed by atoms with E-state index in [0.29, 0.717) is 35.1 Å². The standard InChI is InChI=1S/C27H19BrF3N3O6S/c1-14-7-15(2)9-18(8-14)32-24(35)13-33-25(36)23(41-26(33)37)11-16-3-5-21(19(28)10-16)40-22-6-4-17(27(29,30)31)12-20(22)34(38)39/h3-12H,13H2,1-2H3,(H,32,35)/b23-11+. The summed E-state index contributed by atoms with van der Waals surface area (Å²) in [5.41, 5.74) is 0.804. The average Bonchev–Trinajstić information content (AvgIpc) is 3.11. The van der Waals surface area contributed by atoms with E-state index in [2.05, 4.69) is 21.2 Å². The Morgan fingerprint density at radius 1 is 1.07 bits per heavy atom. The number of thioether (sulfide) groups is 1. The van der Waals surface area contributed by atoms with Crippen molar-refractivity contribution in [2.24, 2.45) is 0 Å². The van der Waals surface area contributed by atoms with Crippen LogP contribution in [0.2, 0.25) is 0 Å². The number of rotatable bonds is 7. The van der Waals surface area contributed by atoms with Crippen LogP contribution in [0.5, 0.6) is 11.5 Å². The number of hydrogen-bond donors (Lipinski definition) is 1. The highest BCUT2D eigenvalue weighted by Gasteiger charge is 2.36. The zero-order valence-electron chi connectivity index (χ0n) is 21.2. The summed E-state index contributed by atoms with van der Waals surface area (Å²) >= 11 is 3.90. The Labute approximate surface area is 243 Å². The first-order valence-electron chi connectivity index (χ1n) is 11.7. The van der Waals surface area contributed by atoms with E-state index in [1.165, 1.54) is 24.3 Å². The summed E-state index contributed by atoms with van der Waals surface area (Å²) in [6.07, 6.45) is -3.35. The highest BCUT2D eigenvalue weighted by Crippen LogP contribution is 2.40. The first-order chi connectivity index (χ1) is 19.2. The molecule has 1 fully saturated rings. The van der Waals surface area contributed by atoms with Crippen LogP contribution >= 0.6 is 27.7 Å². The largest absolute Gasteiger partial charge is 0.449 e. The van der Waals surface area contributed by atoms with Crippen molar-refractivity contribution in [1.29, 1.82) is 0 Å². The van der Waals surface area contributed by atoms with Crippen LogP contribution in [0.1, 0.15) is 22.3 Å². The van der Waals surface area contributed by atoms with Crippen LogP contribution in [-0.4, -0.2) is 33.4 Å². The number of halogens is 4. The third-order valence-corrected chi connectivity index (χ3v) is 7.16. The summed E-state index contributed by atoms with van der Waals surface area (Å²) in [4.78, 5) is 49.1. The lowest BCUT2D eigenvalue weighted by Gasteiger charge is -2.13. The number of nitrogens with zero attached hydrogens (tertiary/aromatic N) is 2. The summed E-state index contributed by atoms with van der Waals surface area (Å²) < 4.78 is 44.7. The van der Waals surface area contributed by atoms with Gasteiger partial charge >= 0.3 is 11.9 Å². The van der Waals surface area contributed by atoms with Gasteiger partial charge in [0, 0.05) is 11.8 Å². The van der Waals surface area contributed by atoms with Gasteiger partial charge in [-0.1, -0.05) is 12.1 Å². The number of nitro groups is 1. The highest BCUT2D eigenvalue weighted by molar-refractivity contribution is 9.10. The minimum atomic E-state index is -4.77. The van der Waals surface area contributed by atoms with Crippen molar-refractivity contribution in [2.45, 2.75) is 20.0 Å². The van der Waals surface area contributed by atoms with Gasteiger partial charge in [-0.15, -0.1) is 0 Å². The van der Waals surface area contributed by atoms with E-state index in [1.807, 2.05) is 19.9 Å². The maximum Gasteiger partial charge on any atom is 0.416 e. The molecule has 3 aromatic rings. The normalized spacial score (nSPS) is 14.5. The van der Waals surface area contributed by atoms with E-state index in [4.69, 9.17) is 4.74 Å². The third kappa shape index (κ3) is 7.13. The predicted molar refractivity (Wildman–Crippen MR) is 150 cm³/mol. The van der Waals surface area contributed by atoms with Crippen LogP contribution in [0.4, 0.5) is 29.3 Å². The average molecular weight is 650 g/mol. The number of hydrogen-bond acceptors (Lipinski definition) is 7. The van der Waals surface area contributed by atoms with E-state index < -0.39 is 51.7 Å². The summed E-state index contributed by atoms with van der Waals surface area (Å²) in [5.74, 6) is -1.55. The van der Waals surface area contributed by atoms with E-state index in [-0.39, 0.29) is 15.1 Å². The second kappa shape index (κ2) is 11.7. The number of benzene rings is 3. The van der Waals surface area contributed by atoms with Crippen molar-refractivity contribution >= 4 is 62.2 Å². The van der Waals surface area contributed by atoms with Crippen molar-refractivity contribution < 1.29 is 37.2 Å². The van der Waals surface area contributed by atoms with Gasteiger partial charge in [0.15, 0.2) is 0 Å². The molecule has 4 rings (SSSR count). The minimum Gasteiger partial charge on any atom is -0.449 e. The minimum absolute atomic E-state index is 0.0566. The fourth-order valence-electron chi connectivity index (χ4n) is 3.91. The van der Waals surface area contributed by atoms with Crippen molar-refractivity contribution in [3.8, 4) is 11.5 Å². The molecule has 3 aromatic carbocycles. The van der Waals surface area contributed by atoms with Crippen LogP contribution in [0.15, 0.2) is 64.0 Å². The van der Waals surface area contributed by atoms with Gasteiger partial charge < -0.3 is 10.1 Å². The van der Waals surface area contributed by atoms with Gasteiger partial charge in [-0.2, -0.15) is 13.2 Å². The summed E-state index contributed by atoms with van der Waals surface area (Å²) in [7, 11) is 0. The lowest BCUT2D eigenvalue weighted by molar-refractivity contribution is -0.385. The molecule has 1 saturated heterocycles. The maximum absolute atomic E-state index is 13.0. The van der Waals surface area contributed by atoms with Crippen molar-refractivity contribution in [3.63, 3.8) is 0 Å². The van der Waals surface area contributed by atoms with Crippen LogP contribution in [0.25, 0.3) is 6.08 Å². The molecule has 1 heterocycles. The molecule has 0 unspecified atom stereocenters. The maximum atomic E-state index is 13.0. The summed E-state index contributed by atoms with van der Waals surface area (Å²) in [6.45, 7) is 3.27. The number of anilines is 1. The predicted octanol–water partition coefficient (Wildman–Crippen LogP) is 7.46. The topological polar surface area (TPSA) is 119 Å². The number of imide groups is 1. The first kappa shape index (κ1) is 29.8. The number of nitro benzene ring substituents is 1. The number of nitrogens with one attached hydrogen (secondary N) is 1. The van der Waals surface area contributed by atoms with Gasteiger partial charge in [0.25, 0.3) is 11.1 Å². The van der Waals surface area contributed by atoms with Crippen LogP contribution in [-0.2, 0) is 15.8 Å².